The van der Waals surface area contributed by atoms with E-state index in [0.717, 1.165) is 41.8 Å². The lowest BCUT2D eigenvalue weighted by Crippen LogP contribution is -2.25. The van der Waals surface area contributed by atoms with Gasteiger partial charge in [-0.15, -0.1) is 11.3 Å². The molecular formula is C22H24N4O2S. The molecule has 2 heterocycles. The van der Waals surface area contributed by atoms with Gasteiger partial charge in [-0.25, -0.2) is 10.4 Å². The number of aromatic nitrogens is 2. The van der Waals surface area contributed by atoms with Crippen molar-refractivity contribution in [1.82, 2.24) is 15.4 Å². The molecule has 4 rings (SSSR count). The number of benzene rings is 1. The molecule has 6 nitrogen and oxygen atoms in total. The first-order valence-electron chi connectivity index (χ1n) is 9.89. The average Bonchev–Trinajstić information content (AvgIpc) is 3.01. The molecule has 0 radical (unpaired) electrons. The molecule has 1 saturated carbocycles. The van der Waals surface area contributed by atoms with Crippen molar-refractivity contribution in [1.29, 1.82) is 0 Å². The van der Waals surface area contributed by atoms with E-state index in [1.165, 1.54) is 16.9 Å². The fourth-order valence-electron chi connectivity index (χ4n) is 3.84. The van der Waals surface area contributed by atoms with Gasteiger partial charge in [0.1, 0.15) is 10.7 Å². The number of H-pyrrole nitrogens is 1. The Hall–Kier alpha value is -2.80. The molecule has 150 valence electrons. The fraction of sp³-hybridized carbons (Fsp3) is 0.364. The third-order valence-corrected chi connectivity index (χ3v) is 6.69. The van der Waals surface area contributed by atoms with Crippen molar-refractivity contribution in [2.24, 2.45) is 5.10 Å². The molecule has 0 aliphatic heterocycles. The van der Waals surface area contributed by atoms with E-state index in [1.54, 1.807) is 0 Å². The molecule has 2 N–H and O–H groups in total. The number of aryl methyl sites for hydroxylation is 2. The predicted molar refractivity (Wildman–Crippen MR) is 117 cm³/mol. The second-order valence-electron chi connectivity index (χ2n) is 7.55. The molecule has 3 aromatic rings. The minimum absolute atomic E-state index is 0.00456. The second kappa shape index (κ2) is 8.29. The largest absolute Gasteiger partial charge is 0.309 e. The van der Waals surface area contributed by atoms with Gasteiger partial charge in [-0.1, -0.05) is 30.3 Å². The molecule has 0 spiro atoms. The van der Waals surface area contributed by atoms with E-state index >= 15 is 0 Å². The van der Waals surface area contributed by atoms with Crippen LogP contribution in [0.2, 0.25) is 0 Å². The smallest absolute Gasteiger partial charge is 0.259 e. The molecule has 1 fully saturated rings. The van der Waals surface area contributed by atoms with Crippen LogP contribution in [0.25, 0.3) is 10.2 Å². The summed E-state index contributed by atoms with van der Waals surface area (Å²) in [5, 5.41) is 4.93. The zero-order valence-corrected chi connectivity index (χ0v) is 17.4. The third kappa shape index (κ3) is 4.29. The van der Waals surface area contributed by atoms with Gasteiger partial charge in [-0.3, -0.25) is 9.59 Å². The molecule has 0 atom stereocenters. The summed E-state index contributed by atoms with van der Waals surface area (Å²) in [6.07, 6.45) is 3.86. The summed E-state index contributed by atoms with van der Waals surface area (Å²) < 4.78 is 0. The van der Waals surface area contributed by atoms with Gasteiger partial charge in [0.25, 0.3) is 5.56 Å². The van der Waals surface area contributed by atoms with E-state index in [-0.39, 0.29) is 17.9 Å². The molecule has 0 saturated heterocycles. The van der Waals surface area contributed by atoms with Gasteiger partial charge in [-0.2, -0.15) is 5.10 Å². The summed E-state index contributed by atoms with van der Waals surface area (Å²) >= 11 is 1.48. The number of hydrazone groups is 1. The van der Waals surface area contributed by atoms with Crippen molar-refractivity contribution in [3.63, 3.8) is 0 Å². The standard InChI is InChI=1S/C22H24N4O2S/c1-13-14(2)29-22-20(13)21(28)23-18(24-22)12-19(27)26-25-17-10-8-16(9-11-17)15-6-4-3-5-7-15/h3-7,16H,8-12H2,1-2H3,(H,26,27)(H,23,24,28). The average molecular weight is 409 g/mol. The molecule has 29 heavy (non-hydrogen) atoms. The zero-order chi connectivity index (χ0) is 20.4. The highest BCUT2D eigenvalue weighted by Crippen LogP contribution is 2.31. The Morgan fingerprint density at radius 1 is 1.24 bits per heavy atom. The Balaban J connectivity index is 1.36. The first-order valence-corrected chi connectivity index (χ1v) is 10.7. The lowest BCUT2D eigenvalue weighted by atomic mass is 9.83. The normalized spacial score (nSPS) is 16.8. The van der Waals surface area contributed by atoms with Crippen molar-refractivity contribution in [2.45, 2.75) is 51.9 Å². The van der Waals surface area contributed by atoms with Crippen molar-refractivity contribution in [2.75, 3.05) is 0 Å². The minimum Gasteiger partial charge on any atom is -0.309 e. The Kier molecular flexibility index (Phi) is 5.58. The van der Waals surface area contributed by atoms with Crippen LogP contribution in [0.3, 0.4) is 0 Å². The second-order valence-corrected chi connectivity index (χ2v) is 8.75. The van der Waals surface area contributed by atoms with E-state index in [9.17, 15) is 9.59 Å². The molecular weight excluding hydrogens is 384 g/mol. The van der Waals surface area contributed by atoms with E-state index in [1.807, 2.05) is 19.9 Å². The maximum absolute atomic E-state index is 12.3. The summed E-state index contributed by atoms with van der Waals surface area (Å²) in [4.78, 5) is 33.5. The van der Waals surface area contributed by atoms with Gasteiger partial charge in [0, 0.05) is 10.6 Å². The first kappa shape index (κ1) is 19.5. The molecule has 0 unspecified atom stereocenters. The topological polar surface area (TPSA) is 87.2 Å². The molecule has 0 bridgehead atoms. The van der Waals surface area contributed by atoms with Gasteiger partial charge in [-0.05, 0) is 56.6 Å². The highest BCUT2D eigenvalue weighted by atomic mass is 32.1. The van der Waals surface area contributed by atoms with Crippen molar-refractivity contribution in [3.05, 3.63) is 62.5 Å². The lowest BCUT2D eigenvalue weighted by Gasteiger charge is -2.23. The van der Waals surface area contributed by atoms with Crippen LogP contribution in [-0.2, 0) is 11.2 Å². The Labute approximate surface area is 173 Å². The molecule has 1 aromatic carbocycles. The maximum Gasteiger partial charge on any atom is 0.259 e. The first-order chi connectivity index (χ1) is 14.0. The monoisotopic (exact) mass is 408 g/mol. The highest BCUT2D eigenvalue weighted by Gasteiger charge is 2.19. The van der Waals surface area contributed by atoms with E-state index in [4.69, 9.17) is 0 Å². The number of hydrogen-bond donors (Lipinski definition) is 2. The number of amides is 1. The van der Waals surface area contributed by atoms with Crippen molar-refractivity contribution in [3.8, 4) is 0 Å². The van der Waals surface area contributed by atoms with Crippen LogP contribution in [0.5, 0.6) is 0 Å². The highest BCUT2D eigenvalue weighted by molar-refractivity contribution is 7.18. The van der Waals surface area contributed by atoms with Crippen LogP contribution >= 0.6 is 11.3 Å². The number of carbonyl (C=O) groups excluding carboxylic acids is 1. The van der Waals surface area contributed by atoms with Crippen LogP contribution in [-0.4, -0.2) is 21.6 Å². The fourth-order valence-corrected chi connectivity index (χ4v) is 4.89. The Morgan fingerprint density at radius 2 is 1.97 bits per heavy atom. The summed E-state index contributed by atoms with van der Waals surface area (Å²) in [5.41, 5.74) is 5.79. The van der Waals surface area contributed by atoms with Crippen LogP contribution < -0.4 is 11.0 Å². The van der Waals surface area contributed by atoms with Gasteiger partial charge in [0.2, 0.25) is 5.91 Å². The molecule has 1 aliphatic carbocycles. The van der Waals surface area contributed by atoms with E-state index in [2.05, 4.69) is 44.8 Å². The van der Waals surface area contributed by atoms with E-state index < -0.39 is 0 Å². The summed E-state index contributed by atoms with van der Waals surface area (Å²) in [6, 6.07) is 10.5. The molecule has 1 aliphatic rings. The van der Waals surface area contributed by atoms with Crippen molar-refractivity contribution < 1.29 is 4.79 Å². The number of rotatable bonds is 4. The lowest BCUT2D eigenvalue weighted by molar-refractivity contribution is -0.120. The minimum atomic E-state index is -0.268. The number of nitrogens with one attached hydrogen (secondary N) is 2. The summed E-state index contributed by atoms with van der Waals surface area (Å²) in [6.45, 7) is 3.89. The van der Waals surface area contributed by atoms with Crippen LogP contribution in [0.15, 0.2) is 40.2 Å². The number of aromatic amines is 1. The number of nitrogens with zero attached hydrogens (tertiary/aromatic N) is 2. The van der Waals surface area contributed by atoms with Crippen LogP contribution in [0.4, 0.5) is 0 Å². The maximum atomic E-state index is 12.3. The van der Waals surface area contributed by atoms with Crippen LogP contribution in [0, 0.1) is 13.8 Å². The zero-order valence-electron chi connectivity index (χ0n) is 16.6. The van der Waals surface area contributed by atoms with Crippen molar-refractivity contribution >= 4 is 33.2 Å². The summed E-state index contributed by atoms with van der Waals surface area (Å²) in [5.74, 6) is 0.661. The third-order valence-electron chi connectivity index (χ3n) is 5.59. The molecule has 1 amide bonds. The number of fused-ring (bicyclic) bond motifs is 1. The van der Waals surface area contributed by atoms with Gasteiger partial charge >= 0.3 is 0 Å². The molecule has 7 heteroatoms. The Bertz CT molecular complexity index is 1120. The van der Waals surface area contributed by atoms with E-state index in [0.29, 0.717) is 22.0 Å². The number of carbonyl (C=O) groups is 1. The number of hydrogen-bond acceptors (Lipinski definition) is 5. The van der Waals surface area contributed by atoms with Gasteiger partial charge in [0.15, 0.2) is 0 Å². The van der Waals surface area contributed by atoms with Gasteiger partial charge < -0.3 is 4.98 Å². The van der Waals surface area contributed by atoms with Crippen LogP contribution in [0.1, 0.15) is 53.4 Å². The quantitative estimate of drug-likeness (QED) is 0.640. The van der Waals surface area contributed by atoms with Gasteiger partial charge in [0.05, 0.1) is 11.8 Å². The number of thiophene rings is 1. The summed E-state index contributed by atoms with van der Waals surface area (Å²) in [7, 11) is 0. The molecule has 2 aromatic heterocycles. The predicted octanol–water partition coefficient (Wildman–Crippen LogP) is 3.97. The Morgan fingerprint density at radius 3 is 2.69 bits per heavy atom. The SMILES string of the molecule is Cc1sc2nc(CC(=O)NN=C3CCC(c4ccccc4)CC3)[nH]c(=O)c2c1C.